The van der Waals surface area contributed by atoms with Crippen LogP contribution in [0.2, 0.25) is 0 Å². The van der Waals surface area contributed by atoms with Gasteiger partial charge in [0.1, 0.15) is 6.26 Å². The van der Waals surface area contributed by atoms with Crippen molar-refractivity contribution in [3.8, 4) is 0 Å². The van der Waals surface area contributed by atoms with Gasteiger partial charge in [0.05, 0.1) is 11.8 Å². The molecule has 2 amide bonds. The van der Waals surface area contributed by atoms with E-state index in [1.54, 1.807) is 30.3 Å². The van der Waals surface area contributed by atoms with E-state index in [1.807, 2.05) is 6.92 Å². The fourth-order valence-corrected chi connectivity index (χ4v) is 1.85. The second kappa shape index (κ2) is 7.42. The van der Waals surface area contributed by atoms with Crippen LogP contribution in [0.4, 0.5) is 11.4 Å². The lowest BCUT2D eigenvalue weighted by Gasteiger charge is -2.09. The standard InChI is InChI=1S/C16H19N3O3/c1-11(17)5-6-15(20)18-13-3-2-4-14(9-13)19-16(21)12-7-8-22-10-12/h2-4,7-11H,5-6,17H2,1H3,(H,18,20)(H,19,21). The highest BCUT2D eigenvalue weighted by Gasteiger charge is 2.08. The molecule has 0 spiro atoms. The topological polar surface area (TPSA) is 97.4 Å². The summed E-state index contributed by atoms with van der Waals surface area (Å²) in [6.45, 7) is 1.86. The van der Waals surface area contributed by atoms with Crippen molar-refractivity contribution >= 4 is 23.2 Å². The molecule has 1 aromatic carbocycles. The largest absolute Gasteiger partial charge is 0.472 e. The van der Waals surface area contributed by atoms with Crippen LogP contribution in [-0.2, 0) is 4.79 Å². The van der Waals surface area contributed by atoms with Crippen LogP contribution in [0.15, 0.2) is 47.3 Å². The van der Waals surface area contributed by atoms with E-state index in [2.05, 4.69) is 10.6 Å². The average Bonchev–Trinajstić information content (AvgIpc) is 3.00. The Kier molecular flexibility index (Phi) is 5.32. The maximum atomic E-state index is 11.9. The molecule has 0 saturated heterocycles. The number of amides is 2. The van der Waals surface area contributed by atoms with Gasteiger partial charge in [-0.05, 0) is 37.6 Å². The minimum atomic E-state index is -0.269. The van der Waals surface area contributed by atoms with Crippen molar-refractivity contribution in [3.63, 3.8) is 0 Å². The Morgan fingerprint density at radius 1 is 1.23 bits per heavy atom. The summed E-state index contributed by atoms with van der Waals surface area (Å²) in [6.07, 6.45) is 3.80. The van der Waals surface area contributed by atoms with E-state index in [4.69, 9.17) is 10.2 Å². The number of nitrogens with one attached hydrogen (secondary N) is 2. The summed E-state index contributed by atoms with van der Waals surface area (Å²) in [5.74, 6) is -0.371. The molecule has 2 rings (SSSR count). The Morgan fingerprint density at radius 3 is 2.59 bits per heavy atom. The number of hydrogen-bond donors (Lipinski definition) is 3. The van der Waals surface area contributed by atoms with Crippen LogP contribution in [0.25, 0.3) is 0 Å². The van der Waals surface area contributed by atoms with E-state index < -0.39 is 0 Å². The van der Waals surface area contributed by atoms with Crippen molar-refractivity contribution in [2.24, 2.45) is 5.73 Å². The smallest absolute Gasteiger partial charge is 0.258 e. The minimum absolute atomic E-state index is 0.00803. The van der Waals surface area contributed by atoms with Gasteiger partial charge in [-0.1, -0.05) is 6.07 Å². The van der Waals surface area contributed by atoms with Crippen LogP contribution in [0.5, 0.6) is 0 Å². The highest BCUT2D eigenvalue weighted by atomic mass is 16.3. The maximum Gasteiger partial charge on any atom is 0.258 e. The molecule has 6 nitrogen and oxygen atoms in total. The summed E-state index contributed by atoms with van der Waals surface area (Å²) in [7, 11) is 0. The zero-order valence-electron chi connectivity index (χ0n) is 12.3. The van der Waals surface area contributed by atoms with Crippen LogP contribution in [0.1, 0.15) is 30.1 Å². The molecular weight excluding hydrogens is 282 g/mol. The van der Waals surface area contributed by atoms with Crippen LogP contribution < -0.4 is 16.4 Å². The lowest BCUT2D eigenvalue weighted by Crippen LogP contribution is -2.19. The summed E-state index contributed by atoms with van der Waals surface area (Å²) in [5, 5.41) is 5.52. The molecule has 0 aliphatic rings. The number of nitrogens with two attached hydrogens (primary N) is 1. The molecule has 0 saturated carbocycles. The SMILES string of the molecule is CC(N)CCC(=O)Nc1cccc(NC(=O)c2ccoc2)c1. The summed E-state index contributed by atoms with van der Waals surface area (Å²) in [6, 6.07) is 8.53. The van der Waals surface area contributed by atoms with E-state index in [9.17, 15) is 9.59 Å². The van der Waals surface area contributed by atoms with E-state index >= 15 is 0 Å². The highest BCUT2D eigenvalue weighted by Crippen LogP contribution is 2.16. The highest BCUT2D eigenvalue weighted by molar-refractivity contribution is 6.04. The fraction of sp³-hybridized carbons (Fsp3) is 0.250. The van der Waals surface area contributed by atoms with Gasteiger partial charge in [0.2, 0.25) is 5.91 Å². The lowest BCUT2D eigenvalue weighted by atomic mass is 10.2. The van der Waals surface area contributed by atoms with Gasteiger partial charge in [0, 0.05) is 23.8 Å². The first-order valence-electron chi connectivity index (χ1n) is 7.03. The summed E-state index contributed by atoms with van der Waals surface area (Å²) < 4.78 is 4.87. The lowest BCUT2D eigenvalue weighted by molar-refractivity contribution is -0.116. The predicted octanol–water partition coefficient (Wildman–Crippen LogP) is 2.60. The van der Waals surface area contributed by atoms with E-state index in [1.165, 1.54) is 12.5 Å². The molecule has 6 heteroatoms. The Labute approximate surface area is 128 Å². The number of carbonyl (C=O) groups is 2. The molecule has 0 bridgehead atoms. The Morgan fingerprint density at radius 2 is 1.95 bits per heavy atom. The van der Waals surface area contributed by atoms with Crippen LogP contribution >= 0.6 is 0 Å². The Hall–Kier alpha value is -2.60. The summed E-state index contributed by atoms with van der Waals surface area (Å²) in [4.78, 5) is 23.7. The molecule has 0 fully saturated rings. The number of rotatable bonds is 6. The first-order valence-corrected chi connectivity index (χ1v) is 7.03. The Bertz CT molecular complexity index is 636. The maximum absolute atomic E-state index is 11.9. The third-order valence-corrected chi connectivity index (χ3v) is 3.01. The number of benzene rings is 1. The number of anilines is 2. The summed E-state index contributed by atoms with van der Waals surface area (Å²) in [5.41, 5.74) is 7.28. The second-order valence-electron chi connectivity index (χ2n) is 5.11. The van der Waals surface area contributed by atoms with Crippen molar-refractivity contribution in [2.75, 3.05) is 10.6 Å². The molecule has 0 aliphatic heterocycles. The zero-order chi connectivity index (χ0) is 15.9. The van der Waals surface area contributed by atoms with Gasteiger partial charge in [-0.25, -0.2) is 0 Å². The molecule has 1 aromatic heterocycles. The Balaban J connectivity index is 1.95. The first kappa shape index (κ1) is 15.8. The first-order chi connectivity index (χ1) is 10.5. The van der Waals surface area contributed by atoms with Gasteiger partial charge < -0.3 is 20.8 Å². The van der Waals surface area contributed by atoms with Crippen molar-refractivity contribution < 1.29 is 14.0 Å². The predicted molar refractivity (Wildman–Crippen MR) is 84.6 cm³/mol. The van der Waals surface area contributed by atoms with Crippen LogP contribution in [-0.4, -0.2) is 17.9 Å². The molecular formula is C16H19N3O3. The van der Waals surface area contributed by atoms with Gasteiger partial charge in [-0.15, -0.1) is 0 Å². The molecule has 0 aliphatic carbocycles. The molecule has 22 heavy (non-hydrogen) atoms. The van der Waals surface area contributed by atoms with Crippen LogP contribution in [0.3, 0.4) is 0 Å². The quantitative estimate of drug-likeness (QED) is 0.764. The third-order valence-electron chi connectivity index (χ3n) is 3.01. The van der Waals surface area contributed by atoms with E-state index in [0.29, 0.717) is 29.8 Å². The van der Waals surface area contributed by atoms with Gasteiger partial charge in [-0.2, -0.15) is 0 Å². The number of hydrogen-bond acceptors (Lipinski definition) is 4. The molecule has 116 valence electrons. The van der Waals surface area contributed by atoms with Crippen molar-refractivity contribution in [2.45, 2.75) is 25.8 Å². The van der Waals surface area contributed by atoms with Gasteiger partial charge in [0.15, 0.2) is 0 Å². The molecule has 2 aromatic rings. The van der Waals surface area contributed by atoms with Gasteiger partial charge in [-0.3, -0.25) is 9.59 Å². The molecule has 1 heterocycles. The number of carbonyl (C=O) groups excluding carboxylic acids is 2. The zero-order valence-corrected chi connectivity index (χ0v) is 12.3. The monoisotopic (exact) mass is 301 g/mol. The second-order valence-corrected chi connectivity index (χ2v) is 5.11. The number of furan rings is 1. The fourth-order valence-electron chi connectivity index (χ4n) is 1.85. The van der Waals surface area contributed by atoms with Gasteiger partial charge >= 0.3 is 0 Å². The molecule has 0 radical (unpaired) electrons. The molecule has 4 N–H and O–H groups in total. The van der Waals surface area contributed by atoms with Crippen LogP contribution in [0, 0.1) is 0 Å². The van der Waals surface area contributed by atoms with Crippen molar-refractivity contribution in [1.82, 2.24) is 0 Å². The van der Waals surface area contributed by atoms with Gasteiger partial charge in [0.25, 0.3) is 5.91 Å². The minimum Gasteiger partial charge on any atom is -0.472 e. The molecule has 1 unspecified atom stereocenters. The van der Waals surface area contributed by atoms with Crippen molar-refractivity contribution in [1.29, 1.82) is 0 Å². The molecule has 1 atom stereocenters. The van der Waals surface area contributed by atoms with E-state index in [-0.39, 0.29) is 17.9 Å². The summed E-state index contributed by atoms with van der Waals surface area (Å²) >= 11 is 0. The third kappa shape index (κ3) is 4.75. The normalized spacial score (nSPS) is 11.7. The van der Waals surface area contributed by atoms with Crippen molar-refractivity contribution in [3.05, 3.63) is 48.4 Å². The average molecular weight is 301 g/mol. The van der Waals surface area contributed by atoms with E-state index in [0.717, 1.165) is 0 Å².